The molecule has 0 spiro atoms. The monoisotopic (exact) mass is 111 g/mol. The maximum atomic E-state index is 8.69. The lowest BCUT2D eigenvalue weighted by atomic mass is 10.5. The van der Waals surface area contributed by atoms with Crippen molar-refractivity contribution in [2.24, 2.45) is 4.99 Å². The van der Waals surface area contributed by atoms with E-state index in [4.69, 9.17) is 5.11 Å². The van der Waals surface area contributed by atoms with E-state index >= 15 is 0 Å². The third kappa shape index (κ3) is 3.15. The number of rotatable bonds is 2. The summed E-state index contributed by atoms with van der Waals surface area (Å²) in [5, 5.41) is 8.69. The molecule has 1 N–H and O–H groups in total. The van der Waals surface area contributed by atoms with Gasteiger partial charge in [-0.25, -0.2) is 0 Å². The van der Waals surface area contributed by atoms with Crippen molar-refractivity contribution in [2.45, 2.75) is 0 Å². The number of aliphatic hydroxyl groups is 1. The van der Waals surface area contributed by atoms with Crippen LogP contribution < -0.4 is 0 Å². The van der Waals surface area contributed by atoms with Crippen LogP contribution in [-0.4, -0.2) is 18.4 Å². The number of nitrogens with zero attached hydrogens (tertiary/aromatic N) is 1. The Morgan fingerprint density at radius 1 is 1.75 bits per heavy atom. The normalized spacial score (nSPS) is 12.4. The summed E-state index contributed by atoms with van der Waals surface area (Å²) in [4.78, 5) is 3.56. The van der Waals surface area contributed by atoms with Crippen molar-refractivity contribution in [1.82, 2.24) is 0 Å². The van der Waals surface area contributed by atoms with E-state index in [-0.39, 0.29) is 5.76 Å². The first kappa shape index (κ1) is 6.95. The summed E-state index contributed by atoms with van der Waals surface area (Å²) in [6, 6.07) is 0. The summed E-state index contributed by atoms with van der Waals surface area (Å²) in [6.45, 7) is 3.38. The molecule has 0 radical (unpaired) electrons. The molecule has 0 unspecified atom stereocenters. The number of aliphatic hydroxyl groups excluding tert-OH is 1. The minimum atomic E-state index is 0.127. The molecule has 0 rings (SSSR count). The molecular weight excluding hydrogens is 102 g/mol. The van der Waals surface area contributed by atoms with Gasteiger partial charge in [0.1, 0.15) is 5.76 Å². The zero-order valence-corrected chi connectivity index (χ0v) is 4.83. The largest absolute Gasteiger partial charge is 0.506 e. The maximum Gasteiger partial charge on any atom is 0.133 e. The Hall–Kier alpha value is -1.05. The van der Waals surface area contributed by atoms with Gasteiger partial charge in [0.2, 0.25) is 0 Å². The second-order valence-corrected chi connectivity index (χ2v) is 1.21. The summed E-state index contributed by atoms with van der Waals surface area (Å²) >= 11 is 0. The Labute approximate surface area is 48.9 Å². The van der Waals surface area contributed by atoms with Gasteiger partial charge in [0, 0.05) is 7.05 Å². The molecule has 2 nitrogen and oxygen atoms in total. The first-order chi connectivity index (χ1) is 3.81. The molecule has 0 bridgehead atoms. The zero-order chi connectivity index (χ0) is 6.41. The first-order valence-corrected chi connectivity index (χ1v) is 2.25. The van der Waals surface area contributed by atoms with Crippen molar-refractivity contribution < 1.29 is 5.11 Å². The second kappa shape index (κ2) is 4.12. The Morgan fingerprint density at radius 2 is 2.38 bits per heavy atom. The van der Waals surface area contributed by atoms with E-state index in [0.717, 1.165) is 0 Å². The quantitative estimate of drug-likeness (QED) is 0.325. The van der Waals surface area contributed by atoms with Gasteiger partial charge < -0.3 is 5.11 Å². The molecule has 0 atom stereocenters. The van der Waals surface area contributed by atoms with Crippen LogP contribution in [-0.2, 0) is 0 Å². The molecule has 0 aromatic rings. The molecule has 0 saturated heterocycles. The minimum absolute atomic E-state index is 0.127. The minimum Gasteiger partial charge on any atom is -0.506 e. The second-order valence-electron chi connectivity index (χ2n) is 1.21. The SMILES string of the molecule is C=C/C=C(/O)C=NC. The van der Waals surface area contributed by atoms with E-state index in [0.29, 0.717) is 0 Å². The fourth-order valence-electron chi connectivity index (χ4n) is 0.296. The van der Waals surface area contributed by atoms with Crippen LogP contribution in [0, 0.1) is 0 Å². The first-order valence-electron chi connectivity index (χ1n) is 2.25. The number of hydrogen-bond acceptors (Lipinski definition) is 2. The van der Waals surface area contributed by atoms with E-state index in [2.05, 4.69) is 11.6 Å². The summed E-state index contributed by atoms with van der Waals surface area (Å²) in [7, 11) is 1.59. The molecule has 0 saturated carbocycles. The Kier molecular flexibility index (Phi) is 3.58. The number of allylic oxidation sites excluding steroid dienone is 3. The highest BCUT2D eigenvalue weighted by Crippen LogP contribution is 1.80. The van der Waals surface area contributed by atoms with Gasteiger partial charge in [-0.2, -0.15) is 0 Å². The van der Waals surface area contributed by atoms with Gasteiger partial charge in [-0.05, 0) is 6.08 Å². The zero-order valence-electron chi connectivity index (χ0n) is 4.83. The third-order valence-corrected chi connectivity index (χ3v) is 0.550. The Bertz CT molecular complexity index is 124. The fraction of sp³-hybridized carbons (Fsp3) is 0.167. The fourth-order valence-corrected chi connectivity index (χ4v) is 0.296. The topological polar surface area (TPSA) is 32.6 Å². The lowest BCUT2D eigenvalue weighted by molar-refractivity contribution is 0.446. The van der Waals surface area contributed by atoms with E-state index in [9.17, 15) is 0 Å². The predicted octanol–water partition coefficient (Wildman–Crippen LogP) is 1.31. The maximum absolute atomic E-state index is 8.69. The molecule has 0 aliphatic rings. The van der Waals surface area contributed by atoms with E-state index in [1.165, 1.54) is 18.4 Å². The molecule has 0 heterocycles. The van der Waals surface area contributed by atoms with Crippen molar-refractivity contribution >= 4 is 6.21 Å². The van der Waals surface area contributed by atoms with Gasteiger partial charge in [0.25, 0.3) is 0 Å². The van der Waals surface area contributed by atoms with Crippen LogP contribution >= 0.6 is 0 Å². The van der Waals surface area contributed by atoms with Crippen molar-refractivity contribution in [3.63, 3.8) is 0 Å². The average molecular weight is 111 g/mol. The van der Waals surface area contributed by atoms with Gasteiger partial charge in [0.15, 0.2) is 0 Å². The lowest BCUT2D eigenvalue weighted by Gasteiger charge is -1.81. The van der Waals surface area contributed by atoms with Crippen LogP contribution in [0.4, 0.5) is 0 Å². The lowest BCUT2D eigenvalue weighted by Crippen LogP contribution is -1.78. The highest BCUT2D eigenvalue weighted by molar-refractivity contribution is 5.75. The molecular formula is C6H9NO. The van der Waals surface area contributed by atoms with E-state index < -0.39 is 0 Å². The molecule has 0 aliphatic heterocycles. The predicted molar refractivity (Wildman–Crippen MR) is 35.3 cm³/mol. The molecule has 0 aromatic heterocycles. The van der Waals surface area contributed by atoms with Crippen LogP contribution in [0.5, 0.6) is 0 Å². The standard InChI is InChI=1S/C6H9NO/c1-3-4-6(8)5-7-2/h3-5,8H,1H2,2H3/b6-4+,7-5?. The van der Waals surface area contributed by atoms with Gasteiger partial charge in [0.05, 0.1) is 6.21 Å². The van der Waals surface area contributed by atoms with Crippen LogP contribution in [0.1, 0.15) is 0 Å². The third-order valence-electron chi connectivity index (χ3n) is 0.550. The summed E-state index contributed by atoms with van der Waals surface area (Å²) in [5.41, 5.74) is 0. The smallest absolute Gasteiger partial charge is 0.133 e. The average Bonchev–Trinajstić information content (AvgIpc) is 1.68. The molecule has 8 heavy (non-hydrogen) atoms. The van der Waals surface area contributed by atoms with Gasteiger partial charge in [-0.15, -0.1) is 0 Å². The van der Waals surface area contributed by atoms with Crippen LogP contribution in [0.15, 0.2) is 29.5 Å². The van der Waals surface area contributed by atoms with Gasteiger partial charge >= 0.3 is 0 Å². The van der Waals surface area contributed by atoms with Crippen molar-refractivity contribution in [3.05, 3.63) is 24.5 Å². The van der Waals surface area contributed by atoms with Crippen LogP contribution in [0.2, 0.25) is 0 Å². The summed E-state index contributed by atoms with van der Waals surface area (Å²) in [6.07, 6.45) is 4.31. The van der Waals surface area contributed by atoms with Gasteiger partial charge in [-0.1, -0.05) is 12.7 Å². The Balaban J connectivity index is 3.79. The molecule has 0 amide bonds. The van der Waals surface area contributed by atoms with E-state index in [1.54, 1.807) is 7.05 Å². The van der Waals surface area contributed by atoms with Crippen LogP contribution in [0.3, 0.4) is 0 Å². The summed E-state index contributed by atoms with van der Waals surface area (Å²) in [5.74, 6) is 0.127. The molecule has 2 heteroatoms. The number of hydrogen-bond donors (Lipinski definition) is 1. The molecule has 44 valence electrons. The van der Waals surface area contributed by atoms with Crippen molar-refractivity contribution in [3.8, 4) is 0 Å². The molecule has 0 aromatic carbocycles. The number of aliphatic imine (C=N–C) groups is 1. The molecule has 0 aliphatic carbocycles. The highest BCUT2D eigenvalue weighted by atomic mass is 16.3. The molecule has 0 fully saturated rings. The van der Waals surface area contributed by atoms with E-state index in [1.807, 2.05) is 0 Å². The van der Waals surface area contributed by atoms with Crippen molar-refractivity contribution in [1.29, 1.82) is 0 Å². The Morgan fingerprint density at radius 3 is 2.75 bits per heavy atom. The summed E-state index contributed by atoms with van der Waals surface area (Å²) < 4.78 is 0. The highest BCUT2D eigenvalue weighted by Gasteiger charge is 1.76. The van der Waals surface area contributed by atoms with Crippen molar-refractivity contribution in [2.75, 3.05) is 7.05 Å². The van der Waals surface area contributed by atoms with Crippen LogP contribution in [0.25, 0.3) is 0 Å². The van der Waals surface area contributed by atoms with Gasteiger partial charge in [-0.3, -0.25) is 4.99 Å².